The Balaban J connectivity index is 2.91. The fourth-order valence-corrected chi connectivity index (χ4v) is 2.02. The first-order chi connectivity index (χ1) is 9.27. The summed E-state index contributed by atoms with van der Waals surface area (Å²) >= 11 is 0. The molecule has 0 aromatic carbocycles. The van der Waals surface area contributed by atoms with Crippen LogP contribution in [0.15, 0.2) is 0 Å². The van der Waals surface area contributed by atoms with Crippen LogP contribution in [-0.2, 0) is 14.4 Å². The normalized spacial score (nSPS) is 19.6. The molecule has 0 saturated carbocycles. The molecule has 4 amide bonds. The maximum Gasteiger partial charge on any atom is 0.329 e. The smallest absolute Gasteiger partial charge is 0.329 e. The van der Waals surface area contributed by atoms with E-state index in [4.69, 9.17) is 0 Å². The zero-order valence-electron chi connectivity index (χ0n) is 11.7. The highest BCUT2D eigenvalue weighted by molar-refractivity contribution is 6.04. The van der Waals surface area contributed by atoms with E-state index in [1.807, 2.05) is 0 Å². The van der Waals surface area contributed by atoms with Crippen LogP contribution in [0.3, 0.4) is 0 Å². The number of amides is 4. The first kappa shape index (κ1) is 15.9. The Bertz CT molecular complexity index is 444. The standard InChI is InChI=1S/C12H19N3O5/c1-4-12(5-2,10(18)19)14-11(20)15-6-8(16)13-9(17)7(15)3/h7H,4-6H2,1-3H3,(H,14,20)(H,18,19)(H,13,16,17). The molecule has 0 bridgehead atoms. The van der Waals surface area contributed by atoms with Gasteiger partial charge in [0.2, 0.25) is 11.8 Å². The second-order valence-corrected chi connectivity index (χ2v) is 4.74. The van der Waals surface area contributed by atoms with E-state index in [9.17, 15) is 24.3 Å². The number of hydrogen-bond donors (Lipinski definition) is 3. The molecule has 3 N–H and O–H groups in total. The Morgan fingerprint density at radius 3 is 2.40 bits per heavy atom. The van der Waals surface area contributed by atoms with Gasteiger partial charge in [-0.15, -0.1) is 0 Å². The van der Waals surface area contributed by atoms with E-state index >= 15 is 0 Å². The van der Waals surface area contributed by atoms with Crippen molar-refractivity contribution < 1.29 is 24.3 Å². The number of rotatable bonds is 4. The summed E-state index contributed by atoms with van der Waals surface area (Å²) in [4.78, 5) is 47.3. The van der Waals surface area contributed by atoms with Gasteiger partial charge in [0.15, 0.2) is 0 Å². The monoisotopic (exact) mass is 285 g/mol. The molecular weight excluding hydrogens is 266 g/mol. The lowest BCUT2D eigenvalue weighted by molar-refractivity contribution is -0.144. The molecule has 0 aliphatic carbocycles. The van der Waals surface area contributed by atoms with Gasteiger partial charge in [-0.05, 0) is 19.8 Å². The van der Waals surface area contributed by atoms with Crippen LogP contribution < -0.4 is 10.6 Å². The molecule has 1 aliphatic heterocycles. The summed E-state index contributed by atoms with van der Waals surface area (Å²) < 4.78 is 0. The van der Waals surface area contributed by atoms with Crippen LogP contribution >= 0.6 is 0 Å². The lowest BCUT2D eigenvalue weighted by atomic mass is 9.93. The molecule has 0 aromatic heterocycles. The second kappa shape index (κ2) is 5.89. The number of carbonyl (C=O) groups excluding carboxylic acids is 3. The number of carboxylic acid groups (broad SMARTS) is 1. The SMILES string of the molecule is CCC(CC)(NC(=O)N1CC(=O)NC(=O)C1C)C(=O)O. The number of hydrogen-bond acceptors (Lipinski definition) is 4. The van der Waals surface area contributed by atoms with E-state index in [-0.39, 0.29) is 19.4 Å². The van der Waals surface area contributed by atoms with E-state index in [0.717, 1.165) is 4.90 Å². The summed E-state index contributed by atoms with van der Waals surface area (Å²) in [6.45, 7) is 4.49. The minimum atomic E-state index is -1.40. The minimum absolute atomic E-state index is 0.201. The highest BCUT2D eigenvalue weighted by atomic mass is 16.4. The molecule has 8 heteroatoms. The molecule has 8 nitrogen and oxygen atoms in total. The van der Waals surface area contributed by atoms with Crippen molar-refractivity contribution in [3.05, 3.63) is 0 Å². The topological polar surface area (TPSA) is 116 Å². The van der Waals surface area contributed by atoms with Gasteiger partial charge in [-0.2, -0.15) is 0 Å². The Kier molecular flexibility index (Phi) is 4.69. The van der Waals surface area contributed by atoms with E-state index in [2.05, 4.69) is 10.6 Å². The molecule has 1 fully saturated rings. The van der Waals surface area contributed by atoms with E-state index in [1.165, 1.54) is 6.92 Å². The number of piperazine rings is 1. The van der Waals surface area contributed by atoms with E-state index in [1.54, 1.807) is 13.8 Å². The Labute approximate surface area is 116 Å². The van der Waals surface area contributed by atoms with Crippen molar-refractivity contribution in [2.75, 3.05) is 6.54 Å². The predicted molar refractivity (Wildman–Crippen MR) is 68.8 cm³/mol. The molecule has 0 aromatic rings. The number of aliphatic carboxylic acids is 1. The molecule has 1 unspecified atom stereocenters. The molecule has 1 saturated heterocycles. The molecule has 0 radical (unpaired) electrons. The van der Waals surface area contributed by atoms with Crippen LogP contribution in [0.25, 0.3) is 0 Å². The van der Waals surface area contributed by atoms with Crippen molar-refractivity contribution in [3.8, 4) is 0 Å². The van der Waals surface area contributed by atoms with Gasteiger partial charge in [-0.25, -0.2) is 9.59 Å². The number of nitrogens with one attached hydrogen (secondary N) is 2. The lowest BCUT2D eigenvalue weighted by Gasteiger charge is -2.35. The van der Waals surface area contributed by atoms with Crippen molar-refractivity contribution >= 4 is 23.8 Å². The fourth-order valence-electron chi connectivity index (χ4n) is 2.02. The van der Waals surface area contributed by atoms with Crippen molar-refractivity contribution in [1.29, 1.82) is 0 Å². The summed E-state index contributed by atoms with van der Waals surface area (Å²) in [7, 11) is 0. The van der Waals surface area contributed by atoms with Crippen LogP contribution in [0.1, 0.15) is 33.6 Å². The Hall–Kier alpha value is -2.12. The third kappa shape index (κ3) is 2.89. The van der Waals surface area contributed by atoms with Crippen LogP contribution in [0, 0.1) is 0 Å². The number of urea groups is 1. The number of carbonyl (C=O) groups is 4. The van der Waals surface area contributed by atoms with Gasteiger partial charge in [0, 0.05) is 0 Å². The zero-order valence-corrected chi connectivity index (χ0v) is 11.7. The van der Waals surface area contributed by atoms with Crippen molar-refractivity contribution in [3.63, 3.8) is 0 Å². The van der Waals surface area contributed by atoms with Crippen LogP contribution in [0.5, 0.6) is 0 Å². The first-order valence-electron chi connectivity index (χ1n) is 6.43. The molecule has 0 spiro atoms. The maximum absolute atomic E-state index is 12.2. The number of nitrogens with zero attached hydrogens (tertiary/aromatic N) is 1. The fraction of sp³-hybridized carbons (Fsp3) is 0.667. The lowest BCUT2D eigenvalue weighted by Crippen LogP contribution is -2.64. The van der Waals surface area contributed by atoms with E-state index < -0.39 is 35.4 Å². The largest absolute Gasteiger partial charge is 0.480 e. The molecule has 1 heterocycles. The Morgan fingerprint density at radius 2 is 1.95 bits per heavy atom. The van der Waals surface area contributed by atoms with E-state index in [0.29, 0.717) is 0 Å². The van der Waals surface area contributed by atoms with Crippen LogP contribution in [-0.4, -0.2) is 51.9 Å². The third-order valence-electron chi connectivity index (χ3n) is 3.65. The van der Waals surface area contributed by atoms with Crippen molar-refractivity contribution in [1.82, 2.24) is 15.5 Å². The summed E-state index contributed by atoms with van der Waals surface area (Å²) in [6.07, 6.45) is 0.403. The minimum Gasteiger partial charge on any atom is -0.480 e. The van der Waals surface area contributed by atoms with Gasteiger partial charge in [0.25, 0.3) is 0 Å². The van der Waals surface area contributed by atoms with Gasteiger partial charge < -0.3 is 15.3 Å². The average Bonchev–Trinajstić information content (AvgIpc) is 2.39. The average molecular weight is 285 g/mol. The zero-order chi connectivity index (χ0) is 15.5. The third-order valence-corrected chi connectivity index (χ3v) is 3.65. The van der Waals surface area contributed by atoms with Gasteiger partial charge in [-0.3, -0.25) is 14.9 Å². The molecular formula is C12H19N3O5. The Morgan fingerprint density at radius 1 is 1.40 bits per heavy atom. The molecule has 1 rings (SSSR count). The van der Waals surface area contributed by atoms with Gasteiger partial charge in [-0.1, -0.05) is 13.8 Å². The number of imide groups is 1. The van der Waals surface area contributed by atoms with Crippen molar-refractivity contribution in [2.45, 2.75) is 45.2 Å². The first-order valence-corrected chi connectivity index (χ1v) is 6.43. The van der Waals surface area contributed by atoms with Crippen LogP contribution in [0.4, 0.5) is 4.79 Å². The number of carboxylic acids is 1. The van der Waals surface area contributed by atoms with Gasteiger partial charge in [0.05, 0.1) is 0 Å². The highest BCUT2D eigenvalue weighted by Gasteiger charge is 2.40. The summed E-state index contributed by atoms with van der Waals surface area (Å²) in [5.41, 5.74) is -1.40. The summed E-state index contributed by atoms with van der Waals surface area (Å²) in [5, 5.41) is 13.8. The summed E-state index contributed by atoms with van der Waals surface area (Å²) in [5.74, 6) is -2.31. The highest BCUT2D eigenvalue weighted by Crippen LogP contribution is 2.17. The molecule has 1 atom stereocenters. The quantitative estimate of drug-likeness (QED) is 0.612. The van der Waals surface area contributed by atoms with Crippen molar-refractivity contribution in [2.24, 2.45) is 0 Å². The summed E-state index contributed by atoms with van der Waals surface area (Å²) in [6, 6.07) is -1.56. The molecule has 112 valence electrons. The molecule has 20 heavy (non-hydrogen) atoms. The predicted octanol–water partition coefficient (Wildman–Crippen LogP) is -0.314. The molecule has 1 aliphatic rings. The maximum atomic E-state index is 12.2. The second-order valence-electron chi connectivity index (χ2n) is 4.74. The van der Waals surface area contributed by atoms with Crippen LogP contribution in [0.2, 0.25) is 0 Å². The van der Waals surface area contributed by atoms with Gasteiger partial charge >= 0.3 is 12.0 Å². The van der Waals surface area contributed by atoms with Gasteiger partial charge in [0.1, 0.15) is 18.1 Å².